The summed E-state index contributed by atoms with van der Waals surface area (Å²) in [6, 6.07) is 16.2. The van der Waals surface area contributed by atoms with Gasteiger partial charge in [0, 0.05) is 12.1 Å². The van der Waals surface area contributed by atoms with Crippen LogP contribution in [0.25, 0.3) is 0 Å². The van der Waals surface area contributed by atoms with E-state index in [9.17, 15) is 9.90 Å². The summed E-state index contributed by atoms with van der Waals surface area (Å²) in [6.07, 6.45) is 5.75. The van der Waals surface area contributed by atoms with Gasteiger partial charge in [-0.25, -0.2) is 5.43 Å². The lowest BCUT2D eigenvalue weighted by Crippen LogP contribution is -2.45. The number of benzene rings is 2. The highest BCUT2D eigenvalue weighted by Gasteiger charge is 2.21. The number of likely N-dealkylation sites (tertiary alicyclic amines) is 1. The fourth-order valence-electron chi connectivity index (χ4n) is 3.88. The Morgan fingerprint density at radius 1 is 1.10 bits per heavy atom. The van der Waals surface area contributed by atoms with Gasteiger partial charge in [-0.2, -0.15) is 0 Å². The summed E-state index contributed by atoms with van der Waals surface area (Å²) in [4.78, 5) is 14.4. The second-order valence-corrected chi connectivity index (χ2v) is 7.73. The van der Waals surface area contributed by atoms with Gasteiger partial charge < -0.3 is 5.11 Å². The molecule has 5 nitrogen and oxygen atoms in total. The molecule has 0 atom stereocenters. The molecule has 0 aromatic heterocycles. The first kappa shape index (κ1) is 21.1. The topological polar surface area (TPSA) is 64.6 Å². The average Bonchev–Trinajstić information content (AvgIpc) is 2.73. The molecule has 0 unspecified atom stereocenters. The molecule has 3 rings (SSSR count). The number of nitrogens with zero attached hydrogens (tertiary/aromatic N) is 1. The van der Waals surface area contributed by atoms with Crippen molar-refractivity contribution in [3.05, 3.63) is 77.9 Å². The number of para-hydroxylation sites is 1. The molecule has 1 saturated heterocycles. The molecule has 1 aliphatic heterocycles. The zero-order chi connectivity index (χ0) is 20.5. The lowest BCUT2D eigenvalue weighted by Gasteiger charge is -2.31. The highest BCUT2D eigenvalue weighted by molar-refractivity contribution is 5.77. The van der Waals surface area contributed by atoms with E-state index in [4.69, 9.17) is 0 Å². The summed E-state index contributed by atoms with van der Waals surface area (Å²) in [7, 11) is 0. The molecule has 0 saturated carbocycles. The van der Waals surface area contributed by atoms with E-state index < -0.39 is 0 Å². The molecule has 154 valence electrons. The van der Waals surface area contributed by atoms with Crippen molar-refractivity contribution in [1.82, 2.24) is 15.8 Å². The first-order valence-corrected chi connectivity index (χ1v) is 10.3. The third kappa shape index (κ3) is 6.44. The predicted molar refractivity (Wildman–Crippen MR) is 116 cm³/mol. The van der Waals surface area contributed by atoms with Crippen molar-refractivity contribution in [3.63, 3.8) is 0 Å². The van der Waals surface area contributed by atoms with E-state index in [1.807, 2.05) is 18.2 Å². The first-order chi connectivity index (χ1) is 14.2. The number of phenols is 1. The number of hydrazine groups is 1. The minimum absolute atomic E-state index is 0.0479. The SMILES string of the molecule is C=CCc1cccc(CNNC(=O)CN2CCC(Cc3ccccc3)CC2)c1O. The maximum absolute atomic E-state index is 12.2. The average molecular weight is 394 g/mol. The monoisotopic (exact) mass is 393 g/mol. The first-order valence-electron chi connectivity index (χ1n) is 10.3. The fourth-order valence-corrected chi connectivity index (χ4v) is 3.88. The van der Waals surface area contributed by atoms with Gasteiger partial charge in [-0.05, 0) is 55.8 Å². The summed E-state index contributed by atoms with van der Waals surface area (Å²) < 4.78 is 0. The van der Waals surface area contributed by atoms with Crippen LogP contribution in [-0.2, 0) is 24.2 Å². The van der Waals surface area contributed by atoms with Crippen LogP contribution in [-0.4, -0.2) is 35.5 Å². The van der Waals surface area contributed by atoms with Gasteiger partial charge in [0.1, 0.15) is 5.75 Å². The van der Waals surface area contributed by atoms with Crippen LogP contribution < -0.4 is 10.9 Å². The van der Waals surface area contributed by atoms with Gasteiger partial charge in [0.15, 0.2) is 0 Å². The number of piperidine rings is 1. The molecule has 1 aliphatic rings. The number of hydrogen-bond acceptors (Lipinski definition) is 4. The third-order valence-corrected chi connectivity index (χ3v) is 5.52. The highest BCUT2D eigenvalue weighted by Crippen LogP contribution is 2.23. The Morgan fingerprint density at radius 3 is 2.55 bits per heavy atom. The molecule has 2 aromatic carbocycles. The summed E-state index contributed by atoms with van der Waals surface area (Å²) in [5.74, 6) is 0.906. The number of carbonyl (C=O) groups excluding carboxylic acids is 1. The summed E-state index contributed by atoms with van der Waals surface area (Å²) >= 11 is 0. The molecule has 0 aliphatic carbocycles. The predicted octanol–water partition coefficient (Wildman–Crippen LogP) is 3.20. The van der Waals surface area contributed by atoms with Crippen LogP contribution in [0.3, 0.4) is 0 Å². The highest BCUT2D eigenvalue weighted by atomic mass is 16.3. The van der Waals surface area contributed by atoms with E-state index >= 15 is 0 Å². The summed E-state index contributed by atoms with van der Waals surface area (Å²) in [5, 5.41) is 10.3. The molecule has 5 heteroatoms. The van der Waals surface area contributed by atoms with E-state index in [0.717, 1.165) is 43.5 Å². The van der Waals surface area contributed by atoms with Gasteiger partial charge >= 0.3 is 0 Å². The number of nitrogens with one attached hydrogen (secondary N) is 2. The molecule has 1 amide bonds. The van der Waals surface area contributed by atoms with Crippen molar-refractivity contribution in [2.75, 3.05) is 19.6 Å². The number of aromatic hydroxyl groups is 1. The molecule has 0 bridgehead atoms. The van der Waals surface area contributed by atoms with Crippen LogP contribution in [0.4, 0.5) is 0 Å². The maximum atomic E-state index is 12.2. The van der Waals surface area contributed by atoms with Crippen molar-refractivity contribution in [3.8, 4) is 5.75 Å². The van der Waals surface area contributed by atoms with Gasteiger partial charge in [-0.1, -0.05) is 54.6 Å². The number of allylic oxidation sites excluding steroid dienone is 1. The number of amides is 1. The van der Waals surface area contributed by atoms with Crippen molar-refractivity contribution >= 4 is 5.91 Å². The lowest BCUT2D eigenvalue weighted by molar-refractivity contribution is -0.123. The fraction of sp³-hybridized carbons (Fsp3) is 0.375. The Hall–Kier alpha value is -2.63. The summed E-state index contributed by atoms with van der Waals surface area (Å²) in [5.41, 5.74) is 8.67. The molecular weight excluding hydrogens is 362 g/mol. The third-order valence-electron chi connectivity index (χ3n) is 5.52. The summed E-state index contributed by atoms with van der Waals surface area (Å²) in [6.45, 7) is 6.39. The standard InChI is InChI=1S/C24H31N3O2/c1-2-7-21-10-6-11-22(24(21)29)17-25-26-23(28)18-27-14-12-20(13-15-27)16-19-8-4-3-5-9-19/h2-6,8-11,20,25,29H,1,7,12-18H2,(H,26,28). The lowest BCUT2D eigenvalue weighted by atomic mass is 9.90. The van der Waals surface area contributed by atoms with Crippen LogP contribution in [0, 0.1) is 5.92 Å². The van der Waals surface area contributed by atoms with Crippen LogP contribution >= 0.6 is 0 Å². The zero-order valence-corrected chi connectivity index (χ0v) is 16.9. The maximum Gasteiger partial charge on any atom is 0.248 e. The Bertz CT molecular complexity index is 799. The Morgan fingerprint density at radius 2 is 1.83 bits per heavy atom. The van der Waals surface area contributed by atoms with Gasteiger partial charge in [-0.15, -0.1) is 6.58 Å². The number of rotatable bonds is 9. The van der Waals surface area contributed by atoms with Gasteiger partial charge in [0.2, 0.25) is 5.91 Å². The van der Waals surface area contributed by atoms with E-state index in [2.05, 4.69) is 52.7 Å². The van der Waals surface area contributed by atoms with E-state index in [1.54, 1.807) is 6.08 Å². The molecule has 1 fully saturated rings. The Labute approximate surface area is 173 Å². The van der Waals surface area contributed by atoms with Gasteiger partial charge in [0.05, 0.1) is 6.54 Å². The minimum Gasteiger partial charge on any atom is -0.507 e. The minimum atomic E-state index is -0.0479. The molecule has 3 N–H and O–H groups in total. The largest absolute Gasteiger partial charge is 0.507 e. The quantitative estimate of drug-likeness (QED) is 0.452. The molecule has 2 aromatic rings. The van der Waals surface area contributed by atoms with Gasteiger partial charge in [0.25, 0.3) is 0 Å². The number of carbonyl (C=O) groups is 1. The van der Waals surface area contributed by atoms with Crippen LogP contribution in [0.15, 0.2) is 61.2 Å². The number of phenolic OH excluding ortho intramolecular Hbond substituents is 1. The normalized spacial score (nSPS) is 15.2. The molecule has 1 heterocycles. The Balaban J connectivity index is 1.36. The van der Waals surface area contributed by atoms with E-state index in [0.29, 0.717) is 25.4 Å². The Kier molecular flexibility index (Phi) is 7.85. The number of hydrogen-bond donors (Lipinski definition) is 3. The zero-order valence-electron chi connectivity index (χ0n) is 16.9. The second kappa shape index (κ2) is 10.8. The van der Waals surface area contributed by atoms with Crippen LogP contribution in [0.1, 0.15) is 29.5 Å². The van der Waals surface area contributed by atoms with E-state index in [1.165, 1.54) is 5.56 Å². The molecule has 0 radical (unpaired) electrons. The van der Waals surface area contributed by atoms with Gasteiger partial charge in [-0.3, -0.25) is 15.1 Å². The van der Waals surface area contributed by atoms with Crippen molar-refractivity contribution in [1.29, 1.82) is 0 Å². The van der Waals surface area contributed by atoms with Crippen molar-refractivity contribution in [2.24, 2.45) is 5.92 Å². The van der Waals surface area contributed by atoms with Crippen molar-refractivity contribution in [2.45, 2.75) is 32.2 Å². The second-order valence-electron chi connectivity index (χ2n) is 7.73. The van der Waals surface area contributed by atoms with Crippen LogP contribution in [0.5, 0.6) is 5.75 Å². The smallest absolute Gasteiger partial charge is 0.248 e. The van der Waals surface area contributed by atoms with Crippen LogP contribution in [0.2, 0.25) is 0 Å². The molecular formula is C24H31N3O2. The molecule has 0 spiro atoms. The van der Waals surface area contributed by atoms with E-state index in [-0.39, 0.29) is 11.7 Å². The van der Waals surface area contributed by atoms with Crippen molar-refractivity contribution < 1.29 is 9.90 Å². The molecule has 29 heavy (non-hydrogen) atoms.